The van der Waals surface area contributed by atoms with Gasteiger partial charge >= 0.3 is 0 Å². The van der Waals surface area contributed by atoms with E-state index < -0.39 is 60.2 Å². The normalized spacial score (nSPS) is 13.3. The summed E-state index contributed by atoms with van der Waals surface area (Å²) in [5.41, 5.74) is 7.62. The molecule has 7 N–H and O–H groups in total. The van der Waals surface area contributed by atoms with Crippen molar-refractivity contribution in [2.45, 2.75) is 69.1 Å². The maximum Gasteiger partial charge on any atom is 0.247 e. The standard InChI is InChI=1S/C37H46FN5O7/c1-43(33(22-27-12-17-30(46)18-13-27)36(49)40-29(23-44)9-5-6-20-39)37(50)32(24-45)42-35(48)31(21-26-7-3-2-4-8-26)41-34(47)19-14-25-10-15-28(38)16-11-25/h2-4,7-8,10-13,15-18,23,29,31-33,45-46H,5-6,9,14,19-22,24,39H2,1H3,(H,40,49)(H,41,47)(H,42,48)/t29-,31-,32?,33?/m1/s1. The number of nitrogens with one attached hydrogen (secondary N) is 3. The lowest BCUT2D eigenvalue weighted by Gasteiger charge is -2.32. The van der Waals surface area contributed by atoms with Crippen molar-refractivity contribution < 1.29 is 38.6 Å². The lowest BCUT2D eigenvalue weighted by Crippen LogP contribution is -2.59. The number of nitrogens with two attached hydrogens (primary N) is 1. The lowest BCUT2D eigenvalue weighted by molar-refractivity contribution is -0.143. The first-order chi connectivity index (χ1) is 24.0. The highest BCUT2D eigenvalue weighted by molar-refractivity contribution is 5.95. The zero-order valence-corrected chi connectivity index (χ0v) is 28.1. The number of amides is 4. The van der Waals surface area contributed by atoms with Gasteiger partial charge in [-0.3, -0.25) is 19.2 Å². The third kappa shape index (κ3) is 12.7. The smallest absolute Gasteiger partial charge is 0.247 e. The molecular weight excluding hydrogens is 645 g/mol. The number of aryl methyl sites for hydroxylation is 1. The summed E-state index contributed by atoms with van der Waals surface area (Å²) in [7, 11) is 1.35. The van der Waals surface area contributed by atoms with E-state index in [0.29, 0.717) is 44.1 Å². The lowest BCUT2D eigenvalue weighted by atomic mass is 10.0. The number of unbranched alkanes of at least 4 members (excludes halogenated alkanes) is 1. The van der Waals surface area contributed by atoms with Gasteiger partial charge in [0.05, 0.1) is 12.6 Å². The highest BCUT2D eigenvalue weighted by Gasteiger charge is 2.34. The van der Waals surface area contributed by atoms with Gasteiger partial charge in [-0.2, -0.15) is 0 Å². The predicted octanol–water partition coefficient (Wildman–Crippen LogP) is 1.55. The molecule has 3 aromatic rings. The Bertz CT molecular complexity index is 1540. The van der Waals surface area contributed by atoms with Crippen LogP contribution in [0.5, 0.6) is 5.75 Å². The highest BCUT2D eigenvalue weighted by atomic mass is 19.1. The molecule has 268 valence electrons. The minimum atomic E-state index is -1.48. The van der Waals surface area contributed by atoms with Crippen molar-refractivity contribution in [3.8, 4) is 5.75 Å². The molecule has 0 aliphatic carbocycles. The average molecular weight is 692 g/mol. The van der Waals surface area contributed by atoms with Crippen LogP contribution in [0.2, 0.25) is 0 Å². The molecule has 3 rings (SSSR count). The van der Waals surface area contributed by atoms with Gasteiger partial charge in [0, 0.05) is 26.3 Å². The Labute approximate surface area is 291 Å². The van der Waals surface area contributed by atoms with Crippen molar-refractivity contribution in [2.24, 2.45) is 5.73 Å². The molecular formula is C37H46FN5O7. The zero-order chi connectivity index (χ0) is 36.5. The Morgan fingerprint density at radius 2 is 1.46 bits per heavy atom. The van der Waals surface area contributed by atoms with Crippen molar-refractivity contribution in [3.05, 3.63) is 101 Å². The molecule has 13 heteroatoms. The second-order valence-electron chi connectivity index (χ2n) is 12.1. The Hall–Kier alpha value is -5.14. The Morgan fingerprint density at radius 3 is 2.08 bits per heavy atom. The molecule has 3 aromatic carbocycles. The summed E-state index contributed by atoms with van der Waals surface area (Å²) in [4.78, 5) is 66.8. The molecule has 0 saturated carbocycles. The van der Waals surface area contributed by atoms with E-state index in [1.165, 1.54) is 31.3 Å². The minimum absolute atomic E-state index is 0.00439. The molecule has 50 heavy (non-hydrogen) atoms. The van der Waals surface area contributed by atoms with Gasteiger partial charge < -0.3 is 41.6 Å². The number of benzene rings is 3. The van der Waals surface area contributed by atoms with Crippen LogP contribution in [0.25, 0.3) is 0 Å². The Morgan fingerprint density at radius 1 is 0.820 bits per heavy atom. The van der Waals surface area contributed by atoms with Gasteiger partial charge in [0.15, 0.2) is 0 Å². The second kappa shape index (κ2) is 20.4. The van der Waals surface area contributed by atoms with Gasteiger partial charge in [0.2, 0.25) is 23.6 Å². The van der Waals surface area contributed by atoms with Crippen LogP contribution in [0.3, 0.4) is 0 Å². The van der Waals surface area contributed by atoms with Gasteiger partial charge in [-0.25, -0.2) is 4.39 Å². The largest absolute Gasteiger partial charge is 0.508 e. The molecule has 0 aromatic heterocycles. The number of hydrogen-bond donors (Lipinski definition) is 6. The number of rotatable bonds is 20. The van der Waals surface area contributed by atoms with E-state index in [1.54, 1.807) is 54.6 Å². The summed E-state index contributed by atoms with van der Waals surface area (Å²) in [6.07, 6.45) is 2.62. The van der Waals surface area contributed by atoms with Crippen LogP contribution in [-0.4, -0.2) is 89.4 Å². The second-order valence-corrected chi connectivity index (χ2v) is 12.1. The third-order valence-electron chi connectivity index (χ3n) is 8.23. The summed E-state index contributed by atoms with van der Waals surface area (Å²) < 4.78 is 13.3. The number of halogens is 1. The number of nitrogens with zero attached hydrogens (tertiary/aromatic N) is 1. The van der Waals surface area contributed by atoms with Gasteiger partial charge in [-0.15, -0.1) is 0 Å². The van der Waals surface area contributed by atoms with Gasteiger partial charge in [-0.1, -0.05) is 54.6 Å². The van der Waals surface area contributed by atoms with E-state index in [4.69, 9.17) is 5.73 Å². The van der Waals surface area contributed by atoms with Crippen molar-refractivity contribution in [1.29, 1.82) is 0 Å². The van der Waals surface area contributed by atoms with E-state index in [-0.39, 0.29) is 25.0 Å². The Balaban J connectivity index is 1.77. The molecule has 0 aliphatic heterocycles. The number of aromatic hydroxyl groups is 1. The number of phenolic OH excluding ortho intramolecular Hbond substituents is 1. The molecule has 0 spiro atoms. The molecule has 0 saturated heterocycles. The first-order valence-electron chi connectivity index (χ1n) is 16.5. The van der Waals surface area contributed by atoms with Crippen molar-refractivity contribution in [3.63, 3.8) is 0 Å². The monoisotopic (exact) mass is 691 g/mol. The van der Waals surface area contributed by atoms with Crippen LogP contribution in [-0.2, 0) is 43.2 Å². The molecule has 0 radical (unpaired) electrons. The zero-order valence-electron chi connectivity index (χ0n) is 28.1. The fourth-order valence-corrected chi connectivity index (χ4v) is 5.31. The quantitative estimate of drug-likeness (QED) is 0.0760. The maximum absolute atomic E-state index is 13.8. The van der Waals surface area contributed by atoms with E-state index in [2.05, 4.69) is 16.0 Å². The predicted molar refractivity (Wildman–Crippen MR) is 185 cm³/mol. The fourth-order valence-electron chi connectivity index (χ4n) is 5.31. The van der Waals surface area contributed by atoms with E-state index in [1.807, 2.05) is 0 Å². The number of phenols is 1. The van der Waals surface area contributed by atoms with Gasteiger partial charge in [0.25, 0.3) is 0 Å². The minimum Gasteiger partial charge on any atom is -0.508 e. The number of aldehydes is 1. The van der Waals surface area contributed by atoms with Crippen LogP contribution in [0.1, 0.15) is 42.4 Å². The van der Waals surface area contributed by atoms with Crippen molar-refractivity contribution in [2.75, 3.05) is 20.2 Å². The van der Waals surface area contributed by atoms with Crippen LogP contribution >= 0.6 is 0 Å². The number of aliphatic hydroxyl groups excluding tert-OH is 1. The van der Waals surface area contributed by atoms with Crippen LogP contribution in [0.15, 0.2) is 78.9 Å². The van der Waals surface area contributed by atoms with Crippen molar-refractivity contribution in [1.82, 2.24) is 20.9 Å². The van der Waals surface area contributed by atoms with E-state index >= 15 is 0 Å². The highest BCUT2D eigenvalue weighted by Crippen LogP contribution is 2.15. The van der Waals surface area contributed by atoms with Gasteiger partial charge in [0.1, 0.15) is 36.0 Å². The van der Waals surface area contributed by atoms with E-state index in [0.717, 1.165) is 16.0 Å². The van der Waals surface area contributed by atoms with Gasteiger partial charge in [-0.05, 0) is 73.2 Å². The number of likely N-dealkylation sites (N-methyl/N-ethyl adjacent to an activating group) is 1. The summed E-state index contributed by atoms with van der Waals surface area (Å²) in [6.45, 7) is -0.379. The van der Waals surface area contributed by atoms with Crippen LogP contribution < -0.4 is 21.7 Å². The maximum atomic E-state index is 13.8. The Kier molecular flexibility index (Phi) is 16.0. The number of aliphatic hydroxyl groups is 1. The fraction of sp³-hybridized carbons (Fsp3) is 0.378. The van der Waals surface area contributed by atoms with Crippen LogP contribution in [0.4, 0.5) is 4.39 Å². The SMILES string of the molecule is CN(C(=O)C(CO)NC(=O)[C@@H](Cc1ccccc1)NC(=O)CCc1ccc(F)cc1)C(Cc1ccc(O)cc1)C(=O)N[C@@H](C=O)CCCCN. The first-order valence-corrected chi connectivity index (χ1v) is 16.5. The molecule has 0 fully saturated rings. The molecule has 0 heterocycles. The first kappa shape index (κ1) is 39.3. The number of hydrogen-bond acceptors (Lipinski definition) is 8. The summed E-state index contributed by atoms with van der Waals surface area (Å²) in [5.74, 6) is -2.98. The van der Waals surface area contributed by atoms with Crippen molar-refractivity contribution >= 4 is 29.9 Å². The molecule has 0 aliphatic rings. The molecule has 0 bridgehead atoms. The molecule has 12 nitrogen and oxygen atoms in total. The molecule has 4 amide bonds. The summed E-state index contributed by atoms with van der Waals surface area (Å²) in [6, 6.07) is 16.1. The topological polar surface area (TPSA) is 191 Å². The van der Waals surface area contributed by atoms with E-state index in [9.17, 15) is 38.6 Å². The van der Waals surface area contributed by atoms with Crippen LogP contribution in [0, 0.1) is 5.82 Å². The summed E-state index contributed by atoms with van der Waals surface area (Å²) >= 11 is 0. The molecule has 2 unspecified atom stereocenters. The number of carbonyl (C=O) groups is 5. The third-order valence-corrected chi connectivity index (χ3v) is 8.23. The summed E-state index contributed by atoms with van der Waals surface area (Å²) in [5, 5.41) is 27.9. The number of carbonyl (C=O) groups excluding carboxylic acids is 5. The average Bonchev–Trinajstić information content (AvgIpc) is 3.12. The molecule has 4 atom stereocenters.